The Bertz CT molecular complexity index is 653. The highest BCUT2D eigenvalue weighted by molar-refractivity contribution is 5.78. The van der Waals surface area contributed by atoms with Gasteiger partial charge in [-0.2, -0.15) is 0 Å². The maximum Gasteiger partial charge on any atom is 0.224 e. The zero-order chi connectivity index (χ0) is 16.8. The highest BCUT2D eigenvalue weighted by Crippen LogP contribution is 2.18. The monoisotopic (exact) mass is 314 g/mol. The Morgan fingerprint density at radius 2 is 1.87 bits per heavy atom. The topological polar surface area (TPSA) is 32.3 Å². The third-order valence-electron chi connectivity index (χ3n) is 3.83. The fraction of sp³-hybridized carbons (Fsp3) is 0.316. The first-order valence-electron chi connectivity index (χ1n) is 7.70. The van der Waals surface area contributed by atoms with E-state index in [0.717, 1.165) is 11.1 Å². The van der Waals surface area contributed by atoms with Crippen molar-refractivity contribution in [2.24, 2.45) is 0 Å². The molecule has 0 saturated heterocycles. The average Bonchev–Trinajstić information content (AvgIpc) is 2.49. The summed E-state index contributed by atoms with van der Waals surface area (Å²) in [6.07, 6.45) is 0.351. The first-order valence-corrected chi connectivity index (χ1v) is 7.70. The molecule has 0 heterocycles. The highest BCUT2D eigenvalue weighted by atomic mass is 19.1. The third kappa shape index (κ3) is 5.18. The second-order valence-corrected chi connectivity index (χ2v) is 6.00. The van der Waals surface area contributed by atoms with Crippen LogP contribution in [-0.2, 0) is 11.2 Å². The Hall–Kier alpha value is -2.20. The summed E-state index contributed by atoms with van der Waals surface area (Å²) in [7, 11) is 3.84. The number of carbonyl (C=O) groups excluding carboxylic acids is 1. The lowest BCUT2D eigenvalue weighted by molar-refractivity contribution is -0.120. The molecular weight excluding hydrogens is 291 g/mol. The van der Waals surface area contributed by atoms with Crippen molar-refractivity contribution in [3.63, 3.8) is 0 Å². The Kier molecular flexibility index (Phi) is 5.88. The van der Waals surface area contributed by atoms with Crippen molar-refractivity contribution in [1.82, 2.24) is 10.2 Å². The van der Waals surface area contributed by atoms with Gasteiger partial charge < -0.3 is 10.2 Å². The van der Waals surface area contributed by atoms with Gasteiger partial charge in [-0.1, -0.05) is 42.0 Å². The van der Waals surface area contributed by atoms with Gasteiger partial charge in [0.1, 0.15) is 5.82 Å². The number of benzene rings is 2. The van der Waals surface area contributed by atoms with Crippen LogP contribution < -0.4 is 5.32 Å². The van der Waals surface area contributed by atoms with E-state index in [2.05, 4.69) is 5.32 Å². The van der Waals surface area contributed by atoms with Crippen LogP contribution in [-0.4, -0.2) is 31.4 Å². The van der Waals surface area contributed by atoms with Crippen molar-refractivity contribution >= 4 is 5.91 Å². The van der Waals surface area contributed by atoms with Crippen molar-refractivity contribution in [1.29, 1.82) is 0 Å². The van der Waals surface area contributed by atoms with Gasteiger partial charge in [0.05, 0.1) is 12.5 Å². The molecule has 0 unspecified atom stereocenters. The van der Waals surface area contributed by atoms with Crippen LogP contribution in [0.25, 0.3) is 0 Å². The molecule has 0 spiro atoms. The minimum Gasteiger partial charge on any atom is -0.354 e. The van der Waals surface area contributed by atoms with Crippen molar-refractivity contribution < 1.29 is 9.18 Å². The van der Waals surface area contributed by atoms with E-state index < -0.39 is 0 Å². The van der Waals surface area contributed by atoms with Gasteiger partial charge in [-0.25, -0.2) is 4.39 Å². The second kappa shape index (κ2) is 7.88. The number of halogens is 1. The zero-order valence-electron chi connectivity index (χ0n) is 13.8. The molecule has 1 amide bonds. The van der Waals surface area contributed by atoms with Crippen molar-refractivity contribution in [3.8, 4) is 0 Å². The summed E-state index contributed by atoms with van der Waals surface area (Å²) in [6, 6.07) is 14.4. The molecule has 2 aromatic carbocycles. The van der Waals surface area contributed by atoms with Crippen molar-refractivity contribution in [2.75, 3.05) is 20.6 Å². The molecule has 2 rings (SSSR count). The summed E-state index contributed by atoms with van der Waals surface area (Å²) in [5.74, 6) is -0.294. The number of carbonyl (C=O) groups is 1. The summed E-state index contributed by atoms with van der Waals surface area (Å²) in [4.78, 5) is 14.1. The highest BCUT2D eigenvalue weighted by Gasteiger charge is 2.16. The third-order valence-corrected chi connectivity index (χ3v) is 3.83. The van der Waals surface area contributed by atoms with Gasteiger partial charge in [0.15, 0.2) is 0 Å². The van der Waals surface area contributed by atoms with Crippen LogP contribution in [0.1, 0.15) is 22.7 Å². The van der Waals surface area contributed by atoms with E-state index in [4.69, 9.17) is 0 Å². The molecule has 0 radical (unpaired) electrons. The fourth-order valence-corrected chi connectivity index (χ4v) is 2.48. The lowest BCUT2D eigenvalue weighted by Crippen LogP contribution is -2.35. The Labute approximate surface area is 137 Å². The van der Waals surface area contributed by atoms with E-state index in [-0.39, 0.29) is 17.8 Å². The molecule has 0 aromatic heterocycles. The van der Waals surface area contributed by atoms with E-state index >= 15 is 0 Å². The molecule has 3 nitrogen and oxygen atoms in total. The zero-order valence-corrected chi connectivity index (χ0v) is 13.8. The Morgan fingerprint density at radius 3 is 2.48 bits per heavy atom. The molecule has 4 heteroatoms. The van der Waals surface area contributed by atoms with Crippen LogP contribution in [0.3, 0.4) is 0 Å². The lowest BCUT2D eigenvalue weighted by Gasteiger charge is -2.25. The maximum absolute atomic E-state index is 13.4. The quantitative estimate of drug-likeness (QED) is 0.888. The summed E-state index contributed by atoms with van der Waals surface area (Å²) in [6.45, 7) is 2.46. The summed E-state index contributed by atoms with van der Waals surface area (Å²) >= 11 is 0. The molecule has 2 aromatic rings. The van der Waals surface area contributed by atoms with Crippen molar-refractivity contribution in [3.05, 3.63) is 71.0 Å². The van der Waals surface area contributed by atoms with Gasteiger partial charge in [-0.05, 0) is 44.3 Å². The molecule has 0 bridgehead atoms. The van der Waals surface area contributed by atoms with E-state index in [1.165, 1.54) is 17.7 Å². The van der Waals surface area contributed by atoms with E-state index in [0.29, 0.717) is 13.0 Å². The summed E-state index contributed by atoms with van der Waals surface area (Å²) in [5, 5.41) is 2.94. The second-order valence-electron chi connectivity index (χ2n) is 6.00. The summed E-state index contributed by atoms with van der Waals surface area (Å²) in [5.41, 5.74) is 3.01. The number of hydrogen-bond donors (Lipinski definition) is 1. The van der Waals surface area contributed by atoms with Gasteiger partial charge in [-0.3, -0.25) is 4.79 Å². The molecule has 0 fully saturated rings. The molecule has 1 atom stereocenters. The van der Waals surface area contributed by atoms with Crippen LogP contribution in [0.5, 0.6) is 0 Å². The largest absolute Gasteiger partial charge is 0.354 e. The number of nitrogens with zero attached hydrogens (tertiary/aromatic N) is 1. The van der Waals surface area contributed by atoms with Gasteiger partial charge in [0, 0.05) is 6.54 Å². The molecule has 122 valence electrons. The average molecular weight is 314 g/mol. The molecule has 1 N–H and O–H groups in total. The first kappa shape index (κ1) is 17.2. The maximum atomic E-state index is 13.4. The molecule has 0 aliphatic heterocycles. The predicted octanol–water partition coefficient (Wildman–Crippen LogP) is 3.10. The van der Waals surface area contributed by atoms with Crippen molar-refractivity contribution in [2.45, 2.75) is 19.4 Å². The minimum atomic E-state index is -0.264. The first-order chi connectivity index (χ1) is 11.0. The number of amides is 1. The van der Waals surface area contributed by atoms with Crippen LogP contribution in [0.15, 0.2) is 48.5 Å². The number of nitrogens with one attached hydrogen (secondary N) is 1. The summed E-state index contributed by atoms with van der Waals surface area (Å²) < 4.78 is 13.4. The number of hydrogen-bond acceptors (Lipinski definition) is 2. The van der Waals surface area contributed by atoms with Gasteiger partial charge in [-0.15, -0.1) is 0 Å². The molecular formula is C19H23FN2O. The molecule has 0 aliphatic carbocycles. The number of likely N-dealkylation sites (N-methyl/N-ethyl adjacent to an activating group) is 1. The van der Waals surface area contributed by atoms with Crippen LogP contribution in [0.2, 0.25) is 0 Å². The lowest BCUT2D eigenvalue weighted by atomic mass is 10.1. The number of rotatable bonds is 6. The van der Waals surface area contributed by atoms with Gasteiger partial charge in [0.25, 0.3) is 0 Å². The normalized spacial score (nSPS) is 12.2. The Morgan fingerprint density at radius 1 is 1.17 bits per heavy atom. The standard InChI is InChI=1S/C19H23FN2O/c1-14-7-9-15(10-8-14)11-19(23)21-13-18(22(2)3)16-5-4-6-17(20)12-16/h4-10,12,18H,11,13H2,1-3H3,(H,21,23)/t18-/m0/s1. The predicted molar refractivity (Wildman–Crippen MR) is 90.7 cm³/mol. The number of aryl methyl sites for hydroxylation is 1. The fourth-order valence-electron chi connectivity index (χ4n) is 2.48. The van der Waals surface area contributed by atoms with Gasteiger partial charge >= 0.3 is 0 Å². The molecule has 23 heavy (non-hydrogen) atoms. The van der Waals surface area contributed by atoms with Crippen LogP contribution >= 0.6 is 0 Å². The van der Waals surface area contributed by atoms with Gasteiger partial charge in [0.2, 0.25) is 5.91 Å². The van der Waals surface area contributed by atoms with Crippen LogP contribution in [0.4, 0.5) is 4.39 Å². The van der Waals surface area contributed by atoms with Crippen LogP contribution in [0, 0.1) is 12.7 Å². The smallest absolute Gasteiger partial charge is 0.224 e. The van der Waals surface area contributed by atoms with E-state index in [1.54, 1.807) is 6.07 Å². The minimum absolute atomic E-state index is 0.0305. The van der Waals surface area contributed by atoms with E-state index in [9.17, 15) is 9.18 Å². The van der Waals surface area contributed by atoms with E-state index in [1.807, 2.05) is 56.3 Å². The molecule has 0 aliphatic rings. The molecule has 0 saturated carbocycles. The SMILES string of the molecule is Cc1ccc(CC(=O)NC[C@@H](c2cccc(F)c2)N(C)C)cc1. The Balaban J connectivity index is 1.96.